The van der Waals surface area contributed by atoms with Gasteiger partial charge in [-0.05, 0) is 81.9 Å². The number of nitrogens with one attached hydrogen (secondary N) is 2. The number of piperidine rings is 2. The predicted molar refractivity (Wildman–Crippen MR) is 235 cm³/mol. The first-order valence-corrected chi connectivity index (χ1v) is 22.7. The normalized spacial score (nSPS) is 22.9. The summed E-state index contributed by atoms with van der Waals surface area (Å²) in [5.41, 5.74) is 1.90. The minimum atomic E-state index is -2.86. The van der Waals surface area contributed by atoms with Crippen molar-refractivity contribution in [3.8, 4) is 11.8 Å². The molecule has 0 bridgehead atoms. The summed E-state index contributed by atoms with van der Waals surface area (Å²) in [6.45, 7) is 6.32. The van der Waals surface area contributed by atoms with Crippen molar-refractivity contribution in [1.29, 1.82) is 0 Å². The van der Waals surface area contributed by atoms with E-state index in [0.29, 0.717) is 28.2 Å². The van der Waals surface area contributed by atoms with Crippen molar-refractivity contribution in [3.05, 3.63) is 70.2 Å². The zero-order chi connectivity index (χ0) is 44.8. The molecule has 4 aromatic heterocycles. The van der Waals surface area contributed by atoms with Gasteiger partial charge in [0.05, 0.1) is 40.6 Å². The Bertz CT molecular complexity index is 2740. The molecule has 342 valence electrons. The maximum atomic E-state index is 14.3. The van der Waals surface area contributed by atoms with E-state index in [1.54, 1.807) is 30.2 Å². The molecule has 2 N–H and O–H groups in total. The van der Waals surface area contributed by atoms with E-state index >= 15 is 0 Å². The summed E-state index contributed by atoms with van der Waals surface area (Å²) in [7, 11) is 1.66. The van der Waals surface area contributed by atoms with Crippen LogP contribution in [0.2, 0.25) is 0 Å². The molecule has 10 rings (SSSR count). The summed E-state index contributed by atoms with van der Waals surface area (Å²) in [4.78, 5) is 60.6. The zero-order valence-electron chi connectivity index (χ0n) is 36.4. The number of anilines is 2. The van der Waals surface area contributed by atoms with E-state index in [1.807, 2.05) is 18.2 Å². The molecule has 5 fully saturated rings. The Balaban J connectivity index is 0.694. The fourth-order valence-corrected chi connectivity index (χ4v) is 10.6. The highest BCUT2D eigenvalue weighted by molar-refractivity contribution is 6.08. The number of aromatic nitrogens is 7. The third-order valence-corrected chi connectivity index (χ3v) is 14.2. The summed E-state index contributed by atoms with van der Waals surface area (Å²) in [5, 5.41) is 13.6. The second-order valence-electron chi connectivity index (χ2n) is 18.4. The van der Waals surface area contributed by atoms with Gasteiger partial charge < -0.3 is 24.6 Å². The largest absolute Gasteiger partial charge is 0.381 e. The molecule has 1 unspecified atom stereocenters. The van der Waals surface area contributed by atoms with Crippen LogP contribution in [0.4, 0.5) is 20.3 Å². The monoisotopic (exact) mass is 893 g/mol. The Labute approximate surface area is 373 Å². The summed E-state index contributed by atoms with van der Waals surface area (Å²) < 4.78 is 46.5. The molecule has 4 aliphatic heterocycles. The third-order valence-electron chi connectivity index (χ3n) is 14.2. The number of hydrogen-bond donors (Lipinski definition) is 2. The van der Waals surface area contributed by atoms with Gasteiger partial charge in [0.25, 0.3) is 12.3 Å². The molecule has 1 aromatic carbocycles. The van der Waals surface area contributed by atoms with Crippen LogP contribution in [0.15, 0.2) is 47.7 Å². The lowest BCUT2D eigenvalue weighted by atomic mass is 9.73. The number of nitrogens with zero attached hydrogens (tertiary/aromatic N) is 9. The Hall–Kier alpha value is -5.97. The number of imidazole rings is 1. The molecule has 8 heterocycles. The van der Waals surface area contributed by atoms with E-state index in [1.165, 1.54) is 19.8 Å². The van der Waals surface area contributed by atoms with Gasteiger partial charge in [-0.1, -0.05) is 17.9 Å². The van der Waals surface area contributed by atoms with E-state index in [-0.39, 0.29) is 59.9 Å². The number of aryl methyl sites for hydroxylation is 1. The lowest BCUT2D eigenvalue weighted by Crippen LogP contribution is -2.58. The van der Waals surface area contributed by atoms with Gasteiger partial charge in [0.1, 0.15) is 24.0 Å². The zero-order valence-corrected chi connectivity index (χ0v) is 36.4. The molecule has 5 aromatic rings. The first kappa shape index (κ1) is 43.0. The molecule has 1 saturated carbocycles. The van der Waals surface area contributed by atoms with E-state index in [9.17, 15) is 28.0 Å². The Morgan fingerprint density at radius 2 is 1.83 bits per heavy atom. The number of para-hydroxylation sites is 1. The standard InChI is InChI=1S/C46H53F2N11O6/c1-54-40-30(4-2-6-35(40)59(45(54)63)36-11-12-38(60)52-44(36)62)5-3-21-65-32-13-18-55(19-14-32)25-29-7-9-31(10-8-29)58-26-34(39(53-58)41(47)48)50-43(61)33-24-49-57-20-15-37(51-42(33)57)56-27-46(28-56)16-22-64-23-17-46/h2,4,6,15,20,24,26,29,31-32,36,41H,7-14,16-19,21-23,25,27-28H2,1H3,(H,50,61)(H,52,60,62)/t29-,31-,36?. The molecular formula is C46H53F2N11O6. The average molecular weight is 894 g/mol. The van der Waals surface area contributed by atoms with E-state index < -0.39 is 30.0 Å². The molecule has 5 aliphatic rings. The molecular weight excluding hydrogens is 841 g/mol. The summed E-state index contributed by atoms with van der Waals surface area (Å²) >= 11 is 0. The van der Waals surface area contributed by atoms with Crippen LogP contribution >= 0.6 is 0 Å². The number of halogens is 2. The average Bonchev–Trinajstić information content (AvgIpc) is 3.99. The number of rotatable bonds is 10. The van der Waals surface area contributed by atoms with Gasteiger partial charge in [-0.25, -0.2) is 23.1 Å². The Morgan fingerprint density at radius 3 is 2.58 bits per heavy atom. The van der Waals surface area contributed by atoms with Crippen LogP contribution < -0.4 is 21.2 Å². The highest BCUT2D eigenvalue weighted by atomic mass is 19.3. The van der Waals surface area contributed by atoms with Gasteiger partial charge in [0, 0.05) is 77.2 Å². The first-order valence-electron chi connectivity index (χ1n) is 22.7. The summed E-state index contributed by atoms with van der Waals surface area (Å²) in [6, 6.07) is 6.51. The maximum absolute atomic E-state index is 14.3. The topological polar surface area (TPSA) is 175 Å². The third kappa shape index (κ3) is 8.54. The van der Waals surface area contributed by atoms with E-state index in [4.69, 9.17) is 14.5 Å². The van der Waals surface area contributed by atoms with Crippen molar-refractivity contribution in [2.45, 2.75) is 88.8 Å². The lowest BCUT2D eigenvalue weighted by Gasteiger charge is -2.52. The van der Waals surface area contributed by atoms with E-state index in [2.05, 4.69) is 42.5 Å². The predicted octanol–water partition coefficient (Wildman–Crippen LogP) is 4.63. The van der Waals surface area contributed by atoms with Crippen LogP contribution in [0.3, 0.4) is 0 Å². The molecule has 1 atom stereocenters. The number of likely N-dealkylation sites (tertiary alicyclic amines) is 1. The van der Waals surface area contributed by atoms with Crippen molar-refractivity contribution in [3.63, 3.8) is 0 Å². The smallest absolute Gasteiger partial charge is 0.329 e. The molecule has 1 aliphatic carbocycles. The number of amides is 3. The number of ether oxygens (including phenoxy) is 2. The van der Waals surface area contributed by atoms with Gasteiger partial charge in [-0.2, -0.15) is 10.2 Å². The van der Waals surface area contributed by atoms with Gasteiger partial charge in [0.2, 0.25) is 11.8 Å². The maximum Gasteiger partial charge on any atom is 0.329 e. The quantitative estimate of drug-likeness (QED) is 0.148. The van der Waals surface area contributed by atoms with Gasteiger partial charge in [-0.15, -0.1) is 0 Å². The highest BCUT2D eigenvalue weighted by Crippen LogP contribution is 2.42. The van der Waals surface area contributed by atoms with Crippen molar-refractivity contribution >= 4 is 45.9 Å². The van der Waals surface area contributed by atoms with Gasteiger partial charge in [0.15, 0.2) is 11.3 Å². The Kier molecular flexibility index (Phi) is 11.7. The number of alkyl halides is 2. The number of fused-ring (bicyclic) bond motifs is 2. The molecule has 1 spiro atoms. The van der Waals surface area contributed by atoms with Crippen LogP contribution in [0.5, 0.6) is 0 Å². The van der Waals surface area contributed by atoms with Crippen LogP contribution in [0.1, 0.15) is 104 Å². The highest BCUT2D eigenvalue weighted by Gasteiger charge is 2.44. The van der Waals surface area contributed by atoms with Gasteiger partial charge in [-0.3, -0.25) is 33.5 Å². The fourth-order valence-electron chi connectivity index (χ4n) is 10.6. The van der Waals surface area contributed by atoms with Crippen molar-refractivity contribution < 1.29 is 32.6 Å². The summed E-state index contributed by atoms with van der Waals surface area (Å²) in [5.74, 6) is 6.15. The number of carbonyl (C=O) groups is 3. The molecule has 4 saturated heterocycles. The molecule has 0 radical (unpaired) electrons. The van der Waals surface area contributed by atoms with Gasteiger partial charge >= 0.3 is 5.69 Å². The lowest BCUT2D eigenvalue weighted by molar-refractivity contribution is -0.135. The number of carbonyl (C=O) groups excluding carboxylic acids is 3. The minimum absolute atomic E-state index is 0.00561. The second kappa shape index (κ2) is 17.8. The molecule has 19 heteroatoms. The van der Waals surface area contributed by atoms with Crippen LogP contribution in [0, 0.1) is 23.2 Å². The van der Waals surface area contributed by atoms with Crippen LogP contribution in [-0.2, 0) is 26.1 Å². The van der Waals surface area contributed by atoms with Crippen molar-refractivity contribution in [2.75, 3.05) is 62.8 Å². The first-order chi connectivity index (χ1) is 31.5. The molecule has 65 heavy (non-hydrogen) atoms. The number of benzene rings is 1. The summed E-state index contributed by atoms with van der Waals surface area (Å²) in [6.07, 6.45) is 9.69. The van der Waals surface area contributed by atoms with Crippen LogP contribution in [0.25, 0.3) is 16.7 Å². The number of imide groups is 1. The van der Waals surface area contributed by atoms with Crippen LogP contribution in [-0.4, -0.2) is 115 Å². The second-order valence-corrected chi connectivity index (χ2v) is 18.4. The van der Waals surface area contributed by atoms with Crippen molar-refractivity contribution in [2.24, 2.45) is 18.4 Å². The molecule has 3 amide bonds. The van der Waals surface area contributed by atoms with E-state index in [0.717, 1.165) is 103 Å². The van der Waals surface area contributed by atoms with Crippen molar-refractivity contribution in [1.82, 2.24) is 43.7 Å². The molecule has 17 nitrogen and oxygen atoms in total. The minimum Gasteiger partial charge on any atom is -0.381 e. The SMILES string of the molecule is Cn1c(=O)n(C2CCC(=O)NC2=O)c2cccc(C#CCOC3CCN(C[C@H]4CC[C@H](n5cc(NC(=O)c6cnn7ccc(N8CC9(CCOCC9)C8)nc67)c(C(F)F)n5)CC4)CC3)c21. The number of hydrogen-bond acceptors (Lipinski definition) is 11. The fraction of sp³-hybridized carbons (Fsp3) is 0.543. The Morgan fingerprint density at radius 1 is 1.05 bits per heavy atom.